The number of hydrogen-bond donors (Lipinski definition) is 1. The van der Waals surface area contributed by atoms with Crippen molar-refractivity contribution in [2.45, 2.75) is 25.4 Å². The van der Waals surface area contributed by atoms with Gasteiger partial charge in [0.05, 0.1) is 25.9 Å². The van der Waals surface area contributed by atoms with E-state index in [1.165, 1.54) is 0 Å². The number of aliphatic hydroxyl groups is 1. The molecule has 1 atom stereocenters. The topological polar surface area (TPSA) is 47.9 Å². The third-order valence-electron chi connectivity index (χ3n) is 2.69. The fourth-order valence-electron chi connectivity index (χ4n) is 1.80. The molecule has 0 aliphatic carbocycles. The van der Waals surface area contributed by atoms with Gasteiger partial charge in [0.1, 0.15) is 0 Å². The average molecular weight is 218 g/mol. The molecule has 4 nitrogen and oxygen atoms in total. The number of ether oxygens (including phenoxy) is 3. The highest BCUT2D eigenvalue weighted by Gasteiger charge is 2.17. The van der Waals surface area contributed by atoms with E-state index in [4.69, 9.17) is 14.2 Å². The van der Waals surface area contributed by atoms with Crippen molar-refractivity contribution in [1.82, 2.24) is 0 Å². The van der Waals surface area contributed by atoms with Gasteiger partial charge in [0, 0.05) is 20.3 Å². The van der Waals surface area contributed by atoms with Crippen molar-refractivity contribution >= 4 is 0 Å². The van der Waals surface area contributed by atoms with Gasteiger partial charge in [-0.3, -0.25) is 0 Å². The van der Waals surface area contributed by atoms with Crippen molar-refractivity contribution in [2.75, 3.05) is 40.1 Å². The molecule has 0 saturated carbocycles. The summed E-state index contributed by atoms with van der Waals surface area (Å²) in [5.41, 5.74) is 0. The van der Waals surface area contributed by atoms with E-state index < -0.39 is 0 Å². The van der Waals surface area contributed by atoms with Crippen molar-refractivity contribution in [1.29, 1.82) is 0 Å². The molecule has 1 saturated heterocycles. The predicted molar refractivity (Wildman–Crippen MR) is 56.9 cm³/mol. The molecule has 0 radical (unpaired) electrons. The summed E-state index contributed by atoms with van der Waals surface area (Å²) in [5, 5.41) is 9.69. The van der Waals surface area contributed by atoms with E-state index in [1.807, 2.05) is 0 Å². The monoisotopic (exact) mass is 218 g/mol. The quantitative estimate of drug-likeness (QED) is 0.643. The lowest BCUT2D eigenvalue weighted by atomic mass is 9.94. The summed E-state index contributed by atoms with van der Waals surface area (Å²) < 4.78 is 15.4. The smallest absolute Gasteiger partial charge is 0.0776 e. The van der Waals surface area contributed by atoms with Crippen molar-refractivity contribution in [3.8, 4) is 0 Å². The molecule has 1 fully saturated rings. The van der Waals surface area contributed by atoms with E-state index in [2.05, 4.69) is 0 Å². The number of hydrogen-bond acceptors (Lipinski definition) is 4. The van der Waals surface area contributed by atoms with Gasteiger partial charge in [0.15, 0.2) is 0 Å². The van der Waals surface area contributed by atoms with Gasteiger partial charge in [-0.2, -0.15) is 0 Å². The van der Waals surface area contributed by atoms with Crippen LogP contribution >= 0.6 is 0 Å². The van der Waals surface area contributed by atoms with Gasteiger partial charge >= 0.3 is 0 Å². The first-order chi connectivity index (χ1) is 7.33. The van der Waals surface area contributed by atoms with Crippen molar-refractivity contribution in [3.05, 3.63) is 0 Å². The predicted octanol–water partition coefficient (Wildman–Crippen LogP) is 0.827. The Bertz CT molecular complexity index is 146. The molecule has 1 N–H and O–H groups in total. The van der Waals surface area contributed by atoms with Gasteiger partial charge in [0.2, 0.25) is 0 Å². The molecule has 1 aliphatic heterocycles. The number of aliphatic hydroxyl groups excluding tert-OH is 1. The zero-order valence-electron chi connectivity index (χ0n) is 9.48. The Kier molecular flexibility index (Phi) is 6.92. The van der Waals surface area contributed by atoms with Crippen LogP contribution in [0.2, 0.25) is 0 Å². The molecule has 0 spiro atoms. The van der Waals surface area contributed by atoms with Crippen LogP contribution in [-0.2, 0) is 14.2 Å². The second-order valence-corrected chi connectivity index (χ2v) is 4.01. The fraction of sp³-hybridized carbons (Fsp3) is 1.00. The zero-order valence-corrected chi connectivity index (χ0v) is 9.48. The van der Waals surface area contributed by atoms with Gasteiger partial charge < -0.3 is 19.3 Å². The molecule has 0 bridgehead atoms. The van der Waals surface area contributed by atoms with Gasteiger partial charge in [-0.25, -0.2) is 0 Å². The molecular weight excluding hydrogens is 196 g/mol. The summed E-state index contributed by atoms with van der Waals surface area (Å²) in [4.78, 5) is 0. The second-order valence-electron chi connectivity index (χ2n) is 4.01. The summed E-state index contributed by atoms with van der Waals surface area (Å²) in [6, 6.07) is 0. The normalized spacial score (nSPS) is 20.4. The van der Waals surface area contributed by atoms with E-state index in [9.17, 15) is 5.11 Å². The van der Waals surface area contributed by atoms with Crippen molar-refractivity contribution in [3.63, 3.8) is 0 Å². The largest absolute Gasteiger partial charge is 0.391 e. The lowest BCUT2D eigenvalue weighted by Crippen LogP contribution is -2.24. The Hall–Kier alpha value is -0.160. The minimum absolute atomic E-state index is 0.343. The molecule has 15 heavy (non-hydrogen) atoms. The molecule has 4 heteroatoms. The minimum Gasteiger partial charge on any atom is -0.391 e. The highest BCUT2D eigenvalue weighted by Crippen LogP contribution is 2.20. The zero-order chi connectivity index (χ0) is 10.9. The highest BCUT2D eigenvalue weighted by molar-refractivity contribution is 4.67. The molecule has 1 aliphatic rings. The standard InChI is InChI=1S/C11H22O4/c1-13-6-7-15-9-11(12)8-10-2-4-14-5-3-10/h10-12H,2-9H2,1H3. The van der Waals surface area contributed by atoms with Crippen LogP contribution in [0.25, 0.3) is 0 Å². The first-order valence-electron chi connectivity index (χ1n) is 5.65. The molecule has 0 amide bonds. The molecular formula is C11H22O4. The molecule has 0 aromatic heterocycles. The Morgan fingerprint density at radius 3 is 2.73 bits per heavy atom. The Morgan fingerprint density at radius 1 is 1.33 bits per heavy atom. The molecule has 1 unspecified atom stereocenters. The van der Waals surface area contributed by atoms with E-state index >= 15 is 0 Å². The van der Waals surface area contributed by atoms with E-state index in [-0.39, 0.29) is 6.10 Å². The lowest BCUT2D eigenvalue weighted by molar-refractivity contribution is -0.00827. The third kappa shape index (κ3) is 6.10. The van der Waals surface area contributed by atoms with E-state index in [0.717, 1.165) is 32.5 Å². The average Bonchev–Trinajstić information content (AvgIpc) is 2.26. The van der Waals surface area contributed by atoms with Crippen LogP contribution in [0.3, 0.4) is 0 Å². The minimum atomic E-state index is -0.343. The maximum Gasteiger partial charge on any atom is 0.0776 e. The molecule has 0 aromatic rings. The summed E-state index contributed by atoms with van der Waals surface area (Å²) in [5.74, 6) is 0.597. The second kappa shape index (κ2) is 8.05. The summed E-state index contributed by atoms with van der Waals surface area (Å²) in [6.45, 7) is 3.23. The summed E-state index contributed by atoms with van der Waals surface area (Å²) >= 11 is 0. The van der Waals surface area contributed by atoms with Gasteiger partial charge in [0.25, 0.3) is 0 Å². The number of methoxy groups -OCH3 is 1. The van der Waals surface area contributed by atoms with Gasteiger partial charge in [-0.15, -0.1) is 0 Å². The molecule has 1 heterocycles. The Labute approximate surface area is 91.5 Å². The van der Waals surface area contributed by atoms with Crippen LogP contribution in [0.5, 0.6) is 0 Å². The first kappa shape index (κ1) is 12.9. The van der Waals surface area contributed by atoms with Gasteiger partial charge in [-0.1, -0.05) is 0 Å². The Balaban J connectivity index is 1.98. The van der Waals surface area contributed by atoms with Crippen LogP contribution in [0.4, 0.5) is 0 Å². The maximum atomic E-state index is 9.69. The van der Waals surface area contributed by atoms with Crippen LogP contribution in [0.1, 0.15) is 19.3 Å². The van der Waals surface area contributed by atoms with Crippen LogP contribution in [-0.4, -0.2) is 51.4 Å². The molecule has 0 aromatic carbocycles. The fourth-order valence-corrected chi connectivity index (χ4v) is 1.80. The van der Waals surface area contributed by atoms with Crippen molar-refractivity contribution in [2.24, 2.45) is 5.92 Å². The number of rotatable bonds is 7. The van der Waals surface area contributed by atoms with E-state index in [0.29, 0.717) is 25.7 Å². The maximum absolute atomic E-state index is 9.69. The third-order valence-corrected chi connectivity index (χ3v) is 2.69. The van der Waals surface area contributed by atoms with Crippen LogP contribution in [0, 0.1) is 5.92 Å². The lowest BCUT2D eigenvalue weighted by Gasteiger charge is -2.24. The first-order valence-corrected chi connectivity index (χ1v) is 5.65. The molecule has 90 valence electrons. The van der Waals surface area contributed by atoms with Gasteiger partial charge in [-0.05, 0) is 25.2 Å². The highest BCUT2D eigenvalue weighted by atomic mass is 16.5. The molecule has 1 rings (SSSR count). The van der Waals surface area contributed by atoms with Crippen LogP contribution < -0.4 is 0 Å². The summed E-state index contributed by atoms with van der Waals surface area (Å²) in [6.07, 6.45) is 2.62. The Morgan fingerprint density at radius 2 is 2.07 bits per heavy atom. The SMILES string of the molecule is COCCOCC(O)CC1CCOCC1. The van der Waals surface area contributed by atoms with Crippen LogP contribution in [0.15, 0.2) is 0 Å². The van der Waals surface area contributed by atoms with Crippen molar-refractivity contribution < 1.29 is 19.3 Å². The van der Waals surface area contributed by atoms with E-state index in [1.54, 1.807) is 7.11 Å². The summed E-state index contributed by atoms with van der Waals surface area (Å²) in [7, 11) is 1.64.